The number of amides is 1. The number of aliphatic carboxylic acids is 1. The topological polar surface area (TPSA) is 95.9 Å². The highest BCUT2D eigenvalue weighted by Crippen LogP contribution is 2.35. The van der Waals surface area contributed by atoms with Crippen molar-refractivity contribution in [2.75, 3.05) is 23.4 Å². The van der Waals surface area contributed by atoms with Crippen LogP contribution in [0, 0.1) is 5.92 Å². The minimum atomic E-state index is -1.02. The molecule has 4 aromatic rings. The highest BCUT2D eigenvalue weighted by Gasteiger charge is 2.34. The number of carbonyl (C=O) groups is 3. The number of carbonyl (C=O) groups excluding carboxylic acids is 2. The second-order valence-corrected chi connectivity index (χ2v) is 10.9. The van der Waals surface area contributed by atoms with Crippen LogP contribution in [0.3, 0.4) is 0 Å². The molecule has 1 unspecified atom stereocenters. The second-order valence-electron chi connectivity index (χ2n) is 10.5. The zero-order valence-electron chi connectivity index (χ0n) is 23.6. The van der Waals surface area contributed by atoms with E-state index in [-0.39, 0.29) is 24.0 Å². The molecule has 1 amide bonds. The van der Waals surface area contributed by atoms with Crippen molar-refractivity contribution in [2.24, 2.45) is 5.92 Å². The van der Waals surface area contributed by atoms with Crippen LogP contribution in [0.25, 0.3) is 0 Å². The van der Waals surface area contributed by atoms with E-state index in [2.05, 4.69) is 5.32 Å². The molecular formula is C35H33ClN2O5. The maximum atomic E-state index is 13.1. The van der Waals surface area contributed by atoms with Crippen molar-refractivity contribution in [3.63, 3.8) is 0 Å². The number of hydrogen-bond donors (Lipinski definition) is 2. The number of anilines is 2. The molecule has 8 heteroatoms. The van der Waals surface area contributed by atoms with Crippen LogP contribution in [-0.2, 0) is 16.0 Å². The van der Waals surface area contributed by atoms with Crippen molar-refractivity contribution < 1.29 is 24.2 Å². The summed E-state index contributed by atoms with van der Waals surface area (Å²) in [5.41, 5.74) is 2.94. The molecule has 1 aliphatic rings. The molecule has 0 saturated heterocycles. The third kappa shape index (κ3) is 7.81. The molecule has 1 fully saturated rings. The number of benzene rings is 4. The summed E-state index contributed by atoms with van der Waals surface area (Å²) in [4.78, 5) is 39.9. The van der Waals surface area contributed by atoms with Gasteiger partial charge in [-0.15, -0.1) is 0 Å². The van der Waals surface area contributed by atoms with E-state index in [1.54, 1.807) is 59.5 Å². The van der Waals surface area contributed by atoms with Crippen LogP contribution in [0.15, 0.2) is 103 Å². The highest BCUT2D eigenvalue weighted by atomic mass is 35.5. The first-order chi connectivity index (χ1) is 20.9. The number of para-hydroxylation sites is 2. The van der Waals surface area contributed by atoms with Crippen LogP contribution < -0.4 is 15.0 Å². The second kappa shape index (κ2) is 14.0. The molecule has 1 saturated carbocycles. The van der Waals surface area contributed by atoms with Gasteiger partial charge in [0.2, 0.25) is 5.91 Å². The Balaban J connectivity index is 1.17. The van der Waals surface area contributed by atoms with Gasteiger partial charge < -0.3 is 20.1 Å². The van der Waals surface area contributed by atoms with Crippen LogP contribution in [0.4, 0.5) is 11.4 Å². The quantitative estimate of drug-likeness (QED) is 0.122. The van der Waals surface area contributed by atoms with E-state index in [9.17, 15) is 19.5 Å². The van der Waals surface area contributed by atoms with Gasteiger partial charge in [0.05, 0.1) is 17.3 Å². The van der Waals surface area contributed by atoms with Crippen LogP contribution in [0.1, 0.15) is 40.7 Å². The molecule has 1 aliphatic carbocycles. The summed E-state index contributed by atoms with van der Waals surface area (Å²) in [6, 6.07) is 29.5. The lowest BCUT2D eigenvalue weighted by atomic mass is 10.00. The minimum Gasteiger partial charge on any atom is -0.494 e. The van der Waals surface area contributed by atoms with E-state index in [0.717, 1.165) is 24.1 Å². The van der Waals surface area contributed by atoms with Crippen molar-refractivity contribution in [1.82, 2.24) is 0 Å². The maximum absolute atomic E-state index is 13.1. The number of ketones is 1. The Morgan fingerprint density at radius 2 is 1.56 bits per heavy atom. The van der Waals surface area contributed by atoms with Crippen molar-refractivity contribution in [1.29, 1.82) is 0 Å². The number of hydrogen-bond acceptors (Lipinski definition) is 5. The number of carboxylic acids is 1. The van der Waals surface area contributed by atoms with E-state index in [1.807, 2.05) is 48.5 Å². The Morgan fingerprint density at radius 3 is 2.26 bits per heavy atom. The summed E-state index contributed by atoms with van der Waals surface area (Å²) in [7, 11) is 0. The van der Waals surface area contributed by atoms with Gasteiger partial charge in [-0.2, -0.15) is 0 Å². The molecule has 0 aromatic heterocycles. The summed E-state index contributed by atoms with van der Waals surface area (Å²) in [5.74, 6) is -0.370. The highest BCUT2D eigenvalue weighted by molar-refractivity contribution is 6.33. The van der Waals surface area contributed by atoms with Gasteiger partial charge in [0.15, 0.2) is 5.78 Å². The van der Waals surface area contributed by atoms with Gasteiger partial charge in [-0.1, -0.05) is 78.3 Å². The molecule has 0 spiro atoms. The van der Waals surface area contributed by atoms with Gasteiger partial charge in [0.25, 0.3) is 0 Å². The fourth-order valence-corrected chi connectivity index (χ4v) is 5.12. The fraction of sp³-hybridized carbons (Fsp3) is 0.229. The van der Waals surface area contributed by atoms with Crippen LogP contribution in [0.5, 0.6) is 5.75 Å². The summed E-state index contributed by atoms with van der Waals surface area (Å²) in [6.07, 6.45) is 2.66. The summed E-state index contributed by atoms with van der Waals surface area (Å²) in [6.45, 7) is 0.904. The number of nitrogens with one attached hydrogen (secondary N) is 1. The first-order valence-electron chi connectivity index (χ1n) is 14.4. The van der Waals surface area contributed by atoms with Crippen LogP contribution in [-0.4, -0.2) is 42.0 Å². The van der Waals surface area contributed by atoms with Gasteiger partial charge in [0, 0.05) is 35.7 Å². The molecular weight excluding hydrogens is 564 g/mol. The van der Waals surface area contributed by atoms with Crippen molar-refractivity contribution >= 4 is 40.6 Å². The Kier molecular flexibility index (Phi) is 9.74. The van der Waals surface area contributed by atoms with E-state index in [0.29, 0.717) is 47.2 Å². The third-order valence-corrected chi connectivity index (χ3v) is 7.65. The summed E-state index contributed by atoms with van der Waals surface area (Å²) in [5, 5.41) is 13.6. The monoisotopic (exact) mass is 596 g/mol. The van der Waals surface area contributed by atoms with Crippen molar-refractivity contribution in [2.45, 2.75) is 31.7 Å². The molecule has 1 atom stereocenters. The van der Waals surface area contributed by atoms with Gasteiger partial charge in [-0.3, -0.25) is 9.59 Å². The number of ether oxygens (including phenoxy) is 1. The Labute approximate surface area is 256 Å². The van der Waals surface area contributed by atoms with E-state index >= 15 is 0 Å². The molecule has 43 heavy (non-hydrogen) atoms. The molecule has 0 radical (unpaired) electrons. The van der Waals surface area contributed by atoms with E-state index < -0.39 is 12.0 Å². The number of halogens is 1. The molecule has 0 heterocycles. The summed E-state index contributed by atoms with van der Waals surface area (Å²) < 4.78 is 5.93. The van der Waals surface area contributed by atoms with Crippen LogP contribution >= 0.6 is 11.6 Å². The average molecular weight is 597 g/mol. The zero-order chi connectivity index (χ0) is 30.2. The smallest absolute Gasteiger partial charge is 0.326 e. The Morgan fingerprint density at radius 1 is 0.884 bits per heavy atom. The van der Waals surface area contributed by atoms with Crippen LogP contribution in [0.2, 0.25) is 5.02 Å². The minimum absolute atomic E-state index is 0.0756. The van der Waals surface area contributed by atoms with Crippen molar-refractivity contribution in [3.05, 3.63) is 125 Å². The first-order valence-corrected chi connectivity index (χ1v) is 14.7. The molecule has 5 rings (SSSR count). The molecule has 220 valence electrons. The van der Waals surface area contributed by atoms with Gasteiger partial charge in [0.1, 0.15) is 11.8 Å². The summed E-state index contributed by atoms with van der Waals surface area (Å²) >= 11 is 6.38. The molecule has 2 N–H and O–H groups in total. The third-order valence-electron chi connectivity index (χ3n) is 7.33. The predicted molar refractivity (Wildman–Crippen MR) is 168 cm³/mol. The number of nitrogens with zero attached hydrogens (tertiary/aromatic N) is 1. The molecule has 4 aromatic carbocycles. The lowest BCUT2D eigenvalue weighted by molar-refractivity contribution is -0.137. The largest absolute Gasteiger partial charge is 0.494 e. The number of carboxylic acid groups (broad SMARTS) is 1. The lowest BCUT2D eigenvalue weighted by Gasteiger charge is -2.24. The Hall–Kier alpha value is -4.62. The Bertz CT molecular complexity index is 1570. The van der Waals surface area contributed by atoms with Gasteiger partial charge >= 0.3 is 5.97 Å². The average Bonchev–Trinajstić information content (AvgIpc) is 3.88. The van der Waals surface area contributed by atoms with E-state index in [4.69, 9.17) is 16.3 Å². The standard InChI is InChI=1S/C35H33ClN2O5/c36-29-12-5-7-14-32(29)38(34(40)26-17-18-26)21-8-22-43-27-19-15-24(16-20-27)23-31(35(41)42)37-30-13-6-4-11-28(30)33(39)25-9-2-1-3-10-25/h1-7,9-16,19-20,26,31,37H,8,17-18,21-23H2,(H,41,42). The maximum Gasteiger partial charge on any atom is 0.326 e. The van der Waals surface area contributed by atoms with Gasteiger partial charge in [-0.25, -0.2) is 4.79 Å². The first kappa shape index (κ1) is 29.9. The molecule has 0 bridgehead atoms. The normalized spacial score (nSPS) is 13.1. The lowest BCUT2D eigenvalue weighted by Crippen LogP contribution is -2.34. The van der Waals surface area contributed by atoms with Gasteiger partial charge in [-0.05, 0) is 61.2 Å². The molecule has 0 aliphatic heterocycles. The molecule has 7 nitrogen and oxygen atoms in total. The number of rotatable bonds is 14. The zero-order valence-corrected chi connectivity index (χ0v) is 24.4. The predicted octanol–water partition coefficient (Wildman–Crippen LogP) is 6.89. The fourth-order valence-electron chi connectivity index (χ4n) is 4.88. The SMILES string of the molecule is O=C(c1ccccc1)c1ccccc1NC(Cc1ccc(OCCCN(C(=O)C2CC2)c2ccccc2Cl)cc1)C(=O)O. The van der Waals surface area contributed by atoms with E-state index in [1.165, 1.54) is 0 Å². The van der Waals surface area contributed by atoms with Crippen molar-refractivity contribution in [3.8, 4) is 5.75 Å².